The largest absolute Gasteiger partial charge is 0.333 e. The minimum atomic E-state index is -0.430. The molecule has 1 aliphatic heterocycles. The second kappa shape index (κ2) is 6.75. The van der Waals surface area contributed by atoms with Crippen molar-refractivity contribution in [1.29, 1.82) is 0 Å². The lowest BCUT2D eigenvalue weighted by atomic mass is 10.1. The second-order valence-corrected chi connectivity index (χ2v) is 5.76. The van der Waals surface area contributed by atoms with Crippen molar-refractivity contribution in [3.05, 3.63) is 78.9 Å². The molecule has 0 fully saturated rings. The van der Waals surface area contributed by atoms with Crippen molar-refractivity contribution in [2.45, 2.75) is 12.8 Å². The summed E-state index contributed by atoms with van der Waals surface area (Å²) in [7, 11) is 0. The van der Waals surface area contributed by atoms with Crippen LogP contribution >= 0.6 is 0 Å². The predicted molar refractivity (Wildman–Crippen MR) is 91.5 cm³/mol. The first kappa shape index (κ1) is 15.9. The molecule has 1 aliphatic rings. The van der Waals surface area contributed by atoms with Gasteiger partial charge in [-0.1, -0.05) is 0 Å². The summed E-state index contributed by atoms with van der Waals surface area (Å²) in [6.45, 7) is 0.442. The molecule has 0 spiro atoms. The van der Waals surface area contributed by atoms with Gasteiger partial charge in [-0.15, -0.1) is 0 Å². The molecule has 0 aliphatic carbocycles. The molecule has 0 radical (unpaired) electrons. The molecule has 2 aromatic heterocycles. The third kappa shape index (κ3) is 3.30. The number of nitrogens with zero attached hydrogens (tertiary/aromatic N) is 5. The molecule has 0 saturated carbocycles. The minimum absolute atomic E-state index is 0.181. The maximum Gasteiger partial charge on any atom is 0.248 e. The first-order chi connectivity index (χ1) is 12.7. The molecule has 1 aromatic carbocycles. The van der Waals surface area contributed by atoms with Crippen LogP contribution in [0.25, 0.3) is 11.3 Å². The van der Waals surface area contributed by atoms with Crippen molar-refractivity contribution in [2.24, 2.45) is 0 Å². The topological polar surface area (TPSA) is 75.9 Å². The number of hydrogen-bond acceptors (Lipinski definition) is 5. The van der Waals surface area contributed by atoms with Crippen LogP contribution in [0.3, 0.4) is 0 Å². The highest BCUT2D eigenvalue weighted by molar-refractivity contribution is 5.88. The zero-order valence-corrected chi connectivity index (χ0v) is 13.7. The fourth-order valence-corrected chi connectivity index (χ4v) is 2.68. The van der Waals surface area contributed by atoms with Gasteiger partial charge in [0, 0.05) is 30.2 Å². The number of aromatic nitrogens is 4. The Hall–Kier alpha value is -3.55. The van der Waals surface area contributed by atoms with Gasteiger partial charge in [-0.3, -0.25) is 14.8 Å². The smallest absolute Gasteiger partial charge is 0.248 e. The maximum atomic E-state index is 13.0. The minimum Gasteiger partial charge on any atom is -0.333 e. The molecule has 1 N–H and O–H groups in total. The summed E-state index contributed by atoms with van der Waals surface area (Å²) in [6, 6.07) is 7.90. The van der Waals surface area contributed by atoms with Crippen LogP contribution in [0.15, 0.2) is 67.4 Å². The van der Waals surface area contributed by atoms with E-state index in [-0.39, 0.29) is 11.7 Å². The number of benzene rings is 1. The summed E-state index contributed by atoms with van der Waals surface area (Å²) in [4.78, 5) is 22.4. The average Bonchev–Trinajstić information content (AvgIpc) is 3.19. The van der Waals surface area contributed by atoms with E-state index in [4.69, 9.17) is 0 Å². The molecule has 3 heterocycles. The van der Waals surface area contributed by atoms with Gasteiger partial charge in [0.15, 0.2) is 0 Å². The van der Waals surface area contributed by atoms with E-state index in [9.17, 15) is 9.18 Å². The highest BCUT2D eigenvalue weighted by atomic mass is 19.1. The second-order valence-electron chi connectivity index (χ2n) is 5.76. The Balaban J connectivity index is 1.53. The van der Waals surface area contributed by atoms with Crippen LogP contribution in [0.4, 0.5) is 4.39 Å². The van der Waals surface area contributed by atoms with E-state index < -0.39 is 6.29 Å². The van der Waals surface area contributed by atoms with E-state index in [0.717, 1.165) is 11.3 Å². The fraction of sp³-hybridized carbons (Fsp3) is 0.111. The zero-order valence-electron chi connectivity index (χ0n) is 13.7. The molecule has 1 amide bonds. The van der Waals surface area contributed by atoms with Gasteiger partial charge >= 0.3 is 0 Å². The average molecular weight is 350 g/mol. The number of carbonyl (C=O) groups excluding carboxylic acids is 1. The van der Waals surface area contributed by atoms with Crippen LogP contribution in [0.5, 0.6) is 0 Å². The SMILES string of the molecule is O=C1C=CN(Cc2cnc(-c3ccc(F)cc3)cn2)C(n2cccn2)N1. The third-order valence-corrected chi connectivity index (χ3v) is 3.97. The Labute approximate surface area is 148 Å². The molecule has 26 heavy (non-hydrogen) atoms. The van der Waals surface area contributed by atoms with Gasteiger partial charge in [-0.05, 0) is 30.3 Å². The van der Waals surface area contributed by atoms with Crippen molar-refractivity contribution < 1.29 is 9.18 Å². The molecule has 0 bridgehead atoms. The molecule has 3 aromatic rings. The van der Waals surface area contributed by atoms with E-state index >= 15 is 0 Å². The van der Waals surface area contributed by atoms with E-state index in [2.05, 4.69) is 20.4 Å². The lowest BCUT2D eigenvalue weighted by molar-refractivity contribution is -0.120. The lowest BCUT2D eigenvalue weighted by Gasteiger charge is -2.33. The molecule has 1 atom stereocenters. The van der Waals surface area contributed by atoms with E-state index in [0.29, 0.717) is 12.2 Å². The third-order valence-electron chi connectivity index (χ3n) is 3.97. The van der Waals surface area contributed by atoms with Gasteiger partial charge in [0.25, 0.3) is 0 Å². The van der Waals surface area contributed by atoms with Crippen LogP contribution in [-0.4, -0.2) is 30.6 Å². The Bertz CT molecular complexity index is 921. The number of amides is 1. The fourth-order valence-electron chi connectivity index (χ4n) is 2.68. The van der Waals surface area contributed by atoms with Crippen LogP contribution in [0.1, 0.15) is 12.0 Å². The monoisotopic (exact) mass is 350 g/mol. The van der Waals surface area contributed by atoms with Crippen molar-refractivity contribution >= 4 is 5.91 Å². The maximum absolute atomic E-state index is 13.0. The molecular weight excluding hydrogens is 335 g/mol. The van der Waals surface area contributed by atoms with Crippen molar-refractivity contribution in [3.63, 3.8) is 0 Å². The van der Waals surface area contributed by atoms with Crippen LogP contribution in [0, 0.1) is 5.82 Å². The number of carbonyl (C=O) groups is 1. The van der Waals surface area contributed by atoms with Gasteiger partial charge in [0.1, 0.15) is 5.82 Å². The first-order valence-corrected chi connectivity index (χ1v) is 7.99. The van der Waals surface area contributed by atoms with E-state index in [1.54, 1.807) is 53.9 Å². The number of halogens is 1. The molecule has 0 saturated heterocycles. The Morgan fingerprint density at radius 1 is 1.15 bits per heavy atom. The highest BCUT2D eigenvalue weighted by Crippen LogP contribution is 2.19. The molecule has 8 heteroatoms. The molecule has 7 nitrogen and oxygen atoms in total. The zero-order chi connectivity index (χ0) is 17.9. The quantitative estimate of drug-likeness (QED) is 0.780. The van der Waals surface area contributed by atoms with Gasteiger partial charge in [-0.2, -0.15) is 5.10 Å². The highest BCUT2D eigenvalue weighted by Gasteiger charge is 2.23. The summed E-state index contributed by atoms with van der Waals surface area (Å²) >= 11 is 0. The molecule has 4 rings (SSSR count). The standard InChI is InChI=1S/C18H15FN6O/c19-14-4-2-13(3-5-14)16-11-20-15(10-21-16)12-24-9-6-17(26)23-18(24)25-8-1-7-22-25/h1-11,18H,12H2,(H,23,26). The van der Waals surface area contributed by atoms with Gasteiger partial charge in [0.05, 0.1) is 30.3 Å². The first-order valence-electron chi connectivity index (χ1n) is 7.99. The summed E-state index contributed by atoms with van der Waals surface area (Å²) in [5.41, 5.74) is 2.19. The molecular formula is C18H15FN6O. The van der Waals surface area contributed by atoms with Crippen molar-refractivity contribution in [1.82, 2.24) is 30.0 Å². The Kier molecular flexibility index (Phi) is 4.14. The summed E-state index contributed by atoms with van der Waals surface area (Å²) in [6.07, 6.45) is 9.49. The van der Waals surface area contributed by atoms with Gasteiger partial charge in [0.2, 0.25) is 12.2 Å². The van der Waals surface area contributed by atoms with E-state index in [1.165, 1.54) is 18.2 Å². The summed E-state index contributed by atoms with van der Waals surface area (Å²) in [5.74, 6) is -0.471. The summed E-state index contributed by atoms with van der Waals surface area (Å²) < 4.78 is 14.7. The normalized spacial score (nSPS) is 16.6. The number of nitrogens with one attached hydrogen (secondary N) is 1. The molecule has 130 valence electrons. The van der Waals surface area contributed by atoms with Crippen molar-refractivity contribution in [3.8, 4) is 11.3 Å². The van der Waals surface area contributed by atoms with Crippen LogP contribution in [0.2, 0.25) is 0 Å². The van der Waals surface area contributed by atoms with E-state index in [1.807, 2.05) is 4.90 Å². The predicted octanol–water partition coefficient (Wildman–Crippen LogP) is 2.08. The summed E-state index contributed by atoms with van der Waals surface area (Å²) in [5, 5.41) is 7.04. The van der Waals surface area contributed by atoms with Gasteiger partial charge in [-0.25, -0.2) is 9.07 Å². The van der Waals surface area contributed by atoms with Gasteiger partial charge < -0.3 is 10.2 Å². The Morgan fingerprint density at radius 3 is 2.69 bits per heavy atom. The van der Waals surface area contributed by atoms with Crippen LogP contribution in [-0.2, 0) is 11.3 Å². The number of rotatable bonds is 4. The Morgan fingerprint density at radius 2 is 2.00 bits per heavy atom. The molecule has 1 unspecified atom stereocenters. The number of hydrogen-bond donors (Lipinski definition) is 1. The lowest BCUT2D eigenvalue weighted by Crippen LogP contribution is -2.45. The van der Waals surface area contributed by atoms with Crippen LogP contribution < -0.4 is 5.32 Å². The van der Waals surface area contributed by atoms with Crippen molar-refractivity contribution in [2.75, 3.05) is 0 Å².